The van der Waals surface area contributed by atoms with Gasteiger partial charge in [-0.15, -0.1) is 0 Å². The summed E-state index contributed by atoms with van der Waals surface area (Å²) in [6, 6.07) is 8.67. The maximum atomic E-state index is 3.39. The zero-order valence-corrected chi connectivity index (χ0v) is 8.09. The van der Waals surface area contributed by atoms with E-state index in [-0.39, 0.29) is 0 Å². The van der Waals surface area contributed by atoms with E-state index in [1.54, 1.807) is 0 Å². The highest BCUT2D eigenvalue weighted by molar-refractivity contribution is 5.46. The molecule has 0 atom stereocenters. The van der Waals surface area contributed by atoms with Gasteiger partial charge in [0.1, 0.15) is 0 Å². The van der Waals surface area contributed by atoms with E-state index in [1.807, 2.05) is 0 Å². The van der Waals surface area contributed by atoms with Crippen LogP contribution in [-0.4, -0.2) is 13.1 Å². The maximum Gasteiger partial charge on any atom is 0.0519 e. The molecule has 0 bridgehead atoms. The molecule has 0 spiro atoms. The molecular formula is C11H16N2. The van der Waals surface area contributed by atoms with Gasteiger partial charge in [0.05, 0.1) is 5.69 Å². The first kappa shape index (κ1) is 8.57. The number of hydrazine groups is 1. The van der Waals surface area contributed by atoms with Crippen molar-refractivity contribution in [2.45, 2.75) is 19.8 Å². The van der Waals surface area contributed by atoms with Crippen molar-refractivity contribution in [2.75, 3.05) is 18.1 Å². The topological polar surface area (TPSA) is 15.3 Å². The van der Waals surface area contributed by atoms with Gasteiger partial charge in [0.15, 0.2) is 0 Å². The molecule has 1 aromatic rings. The Morgan fingerprint density at radius 2 is 1.92 bits per heavy atom. The summed E-state index contributed by atoms with van der Waals surface area (Å²) in [4.78, 5) is 0. The third kappa shape index (κ3) is 2.01. The molecule has 1 aliphatic rings. The first-order chi connectivity index (χ1) is 6.36. The van der Waals surface area contributed by atoms with E-state index in [0.29, 0.717) is 0 Å². The molecule has 2 rings (SSSR count). The molecule has 70 valence electrons. The average molecular weight is 176 g/mol. The van der Waals surface area contributed by atoms with E-state index in [1.165, 1.54) is 24.1 Å². The van der Waals surface area contributed by atoms with Crippen LogP contribution in [0.2, 0.25) is 0 Å². The molecule has 0 amide bonds. The van der Waals surface area contributed by atoms with Crippen LogP contribution in [0, 0.1) is 6.92 Å². The fourth-order valence-corrected chi connectivity index (χ4v) is 1.63. The molecule has 1 saturated heterocycles. The van der Waals surface area contributed by atoms with Crippen LogP contribution in [0.1, 0.15) is 18.4 Å². The second kappa shape index (κ2) is 3.79. The van der Waals surface area contributed by atoms with Crippen LogP contribution < -0.4 is 10.4 Å². The molecule has 1 N–H and O–H groups in total. The summed E-state index contributed by atoms with van der Waals surface area (Å²) in [6.07, 6.45) is 2.59. The van der Waals surface area contributed by atoms with Crippen molar-refractivity contribution in [1.82, 2.24) is 5.43 Å². The van der Waals surface area contributed by atoms with Crippen LogP contribution in [0.5, 0.6) is 0 Å². The van der Waals surface area contributed by atoms with Gasteiger partial charge in [0.2, 0.25) is 0 Å². The van der Waals surface area contributed by atoms with Gasteiger partial charge < -0.3 is 5.01 Å². The van der Waals surface area contributed by atoms with E-state index in [0.717, 1.165) is 13.1 Å². The molecule has 0 aliphatic carbocycles. The maximum absolute atomic E-state index is 3.39. The fraction of sp³-hybridized carbons (Fsp3) is 0.455. The van der Waals surface area contributed by atoms with Gasteiger partial charge in [-0.1, -0.05) is 17.7 Å². The highest BCUT2D eigenvalue weighted by Crippen LogP contribution is 2.15. The molecule has 13 heavy (non-hydrogen) atoms. The second-order valence-electron chi connectivity index (χ2n) is 3.60. The van der Waals surface area contributed by atoms with Crippen LogP contribution in [0.4, 0.5) is 5.69 Å². The number of nitrogens with zero attached hydrogens (tertiary/aromatic N) is 1. The number of anilines is 1. The number of nitrogens with one attached hydrogen (secondary N) is 1. The highest BCUT2D eigenvalue weighted by Gasteiger charge is 2.08. The van der Waals surface area contributed by atoms with Gasteiger partial charge >= 0.3 is 0 Å². The molecule has 0 radical (unpaired) electrons. The molecular weight excluding hydrogens is 160 g/mol. The van der Waals surface area contributed by atoms with Crippen LogP contribution in [0.25, 0.3) is 0 Å². The van der Waals surface area contributed by atoms with Crippen molar-refractivity contribution in [1.29, 1.82) is 0 Å². The summed E-state index contributed by atoms with van der Waals surface area (Å²) < 4.78 is 0. The van der Waals surface area contributed by atoms with E-state index < -0.39 is 0 Å². The third-order valence-electron chi connectivity index (χ3n) is 2.46. The van der Waals surface area contributed by atoms with Gasteiger partial charge in [-0.25, -0.2) is 5.43 Å². The fourth-order valence-electron chi connectivity index (χ4n) is 1.63. The van der Waals surface area contributed by atoms with Crippen LogP contribution in [0.15, 0.2) is 24.3 Å². The van der Waals surface area contributed by atoms with Gasteiger partial charge in [-0.2, -0.15) is 0 Å². The van der Waals surface area contributed by atoms with Crippen molar-refractivity contribution in [2.24, 2.45) is 0 Å². The summed E-state index contributed by atoms with van der Waals surface area (Å²) in [5.41, 5.74) is 5.99. The highest BCUT2D eigenvalue weighted by atomic mass is 15.5. The Kier molecular flexibility index (Phi) is 2.50. The first-order valence-electron chi connectivity index (χ1n) is 4.94. The number of hydrogen-bond acceptors (Lipinski definition) is 2. The number of rotatable bonds is 1. The Morgan fingerprint density at radius 3 is 2.54 bits per heavy atom. The van der Waals surface area contributed by atoms with Gasteiger partial charge in [0.25, 0.3) is 0 Å². The summed E-state index contributed by atoms with van der Waals surface area (Å²) in [5.74, 6) is 0. The minimum Gasteiger partial charge on any atom is -0.308 e. The van der Waals surface area contributed by atoms with E-state index in [9.17, 15) is 0 Å². The Hall–Kier alpha value is -1.02. The molecule has 0 saturated carbocycles. The van der Waals surface area contributed by atoms with E-state index in [4.69, 9.17) is 0 Å². The zero-order chi connectivity index (χ0) is 9.10. The molecule has 2 heteroatoms. The molecule has 0 aromatic heterocycles. The first-order valence-corrected chi connectivity index (χ1v) is 4.94. The van der Waals surface area contributed by atoms with Gasteiger partial charge in [-0.3, -0.25) is 0 Å². The lowest BCUT2D eigenvalue weighted by Crippen LogP contribution is -2.43. The van der Waals surface area contributed by atoms with Crippen LogP contribution in [-0.2, 0) is 0 Å². The summed E-state index contributed by atoms with van der Waals surface area (Å²) >= 11 is 0. The Morgan fingerprint density at radius 1 is 1.15 bits per heavy atom. The van der Waals surface area contributed by atoms with E-state index >= 15 is 0 Å². The predicted molar refractivity (Wildman–Crippen MR) is 55.8 cm³/mol. The number of aryl methyl sites for hydroxylation is 1. The SMILES string of the molecule is Cc1ccc(N2CCCCN2)cc1. The van der Waals surface area contributed by atoms with Gasteiger partial charge in [-0.05, 0) is 31.9 Å². The smallest absolute Gasteiger partial charge is 0.0519 e. The van der Waals surface area contributed by atoms with Crippen LogP contribution in [0.3, 0.4) is 0 Å². The lowest BCUT2D eigenvalue weighted by Gasteiger charge is -2.29. The molecule has 1 aliphatic heterocycles. The molecule has 0 unspecified atom stereocenters. The summed E-state index contributed by atoms with van der Waals surface area (Å²) in [6.45, 7) is 4.35. The van der Waals surface area contributed by atoms with Crippen molar-refractivity contribution < 1.29 is 0 Å². The lowest BCUT2D eigenvalue weighted by atomic mass is 10.2. The second-order valence-corrected chi connectivity index (χ2v) is 3.60. The molecule has 1 heterocycles. The monoisotopic (exact) mass is 176 g/mol. The van der Waals surface area contributed by atoms with Crippen molar-refractivity contribution in [3.05, 3.63) is 29.8 Å². The quantitative estimate of drug-likeness (QED) is 0.705. The van der Waals surface area contributed by atoms with Crippen LogP contribution >= 0.6 is 0 Å². The number of benzene rings is 1. The van der Waals surface area contributed by atoms with E-state index in [2.05, 4.69) is 41.6 Å². The Labute approximate surface area is 79.5 Å². The lowest BCUT2D eigenvalue weighted by molar-refractivity contribution is 0.512. The van der Waals surface area contributed by atoms with Crippen molar-refractivity contribution in [3.8, 4) is 0 Å². The average Bonchev–Trinajstić information content (AvgIpc) is 2.20. The zero-order valence-electron chi connectivity index (χ0n) is 8.09. The predicted octanol–water partition coefficient (Wildman–Crippen LogP) is 2.10. The third-order valence-corrected chi connectivity index (χ3v) is 2.46. The van der Waals surface area contributed by atoms with Gasteiger partial charge in [0, 0.05) is 13.1 Å². The molecule has 2 nitrogen and oxygen atoms in total. The minimum absolute atomic E-state index is 1.11. The number of hydrogen-bond donors (Lipinski definition) is 1. The standard InChI is InChI=1S/C11H16N2/c1-10-4-6-11(7-5-10)13-9-3-2-8-12-13/h4-7,12H,2-3,8-9H2,1H3. The summed E-state index contributed by atoms with van der Waals surface area (Å²) in [7, 11) is 0. The Balaban J connectivity index is 2.10. The normalized spacial score (nSPS) is 17.5. The largest absolute Gasteiger partial charge is 0.308 e. The van der Waals surface area contributed by atoms with Crippen molar-refractivity contribution >= 4 is 5.69 Å². The Bertz CT molecular complexity index is 260. The van der Waals surface area contributed by atoms with Crippen molar-refractivity contribution in [3.63, 3.8) is 0 Å². The minimum atomic E-state index is 1.11. The molecule has 1 aromatic carbocycles. The summed E-state index contributed by atoms with van der Waals surface area (Å²) in [5, 5.41) is 2.24. The molecule has 1 fully saturated rings.